The van der Waals surface area contributed by atoms with Gasteiger partial charge in [-0.25, -0.2) is 0 Å². The molecule has 3 rings (SSSR count). The summed E-state index contributed by atoms with van der Waals surface area (Å²) in [4.78, 5) is 24.5. The first-order chi connectivity index (χ1) is 11.1. The molecule has 2 aromatic rings. The second-order valence-electron chi connectivity index (χ2n) is 6.10. The number of carbonyl (C=O) groups is 2. The number of carboxylic acid groups (broad SMARTS) is 1. The summed E-state index contributed by atoms with van der Waals surface area (Å²) in [6.45, 7) is 3.59. The van der Waals surface area contributed by atoms with Gasteiger partial charge in [-0.3, -0.25) is 9.59 Å². The maximum absolute atomic E-state index is 12.9. The topological polar surface area (TPSA) is 64.2 Å². The van der Waals surface area contributed by atoms with Crippen molar-refractivity contribution in [1.29, 1.82) is 0 Å². The van der Waals surface area contributed by atoms with Gasteiger partial charge in [0.2, 0.25) is 5.78 Å². The van der Waals surface area contributed by atoms with Crippen molar-refractivity contribution in [3.63, 3.8) is 0 Å². The van der Waals surface area contributed by atoms with Crippen LogP contribution in [0.25, 0.3) is 0 Å². The van der Waals surface area contributed by atoms with Crippen molar-refractivity contribution in [3.8, 4) is 0 Å². The lowest BCUT2D eigenvalue weighted by Gasteiger charge is -2.14. The zero-order valence-electron chi connectivity index (χ0n) is 13.4. The molecule has 23 heavy (non-hydrogen) atoms. The highest BCUT2D eigenvalue weighted by Gasteiger charge is 2.28. The molecule has 3 heterocycles. The Balaban J connectivity index is 1.99. The fraction of sp³-hybridized carbons (Fsp3) is 0.444. The van der Waals surface area contributed by atoms with E-state index in [2.05, 4.69) is 6.92 Å². The lowest BCUT2D eigenvalue weighted by Crippen LogP contribution is -2.18. The molecular formula is C18H22N2O3. The van der Waals surface area contributed by atoms with Gasteiger partial charge in [-0.1, -0.05) is 13.3 Å². The van der Waals surface area contributed by atoms with Crippen LogP contribution < -0.4 is 0 Å². The number of carbonyl (C=O) groups excluding carboxylic acids is 1. The highest BCUT2D eigenvalue weighted by molar-refractivity contribution is 6.07. The van der Waals surface area contributed by atoms with Crippen LogP contribution >= 0.6 is 0 Å². The van der Waals surface area contributed by atoms with Crippen LogP contribution in [0.15, 0.2) is 30.5 Å². The van der Waals surface area contributed by atoms with E-state index in [0.717, 1.165) is 31.5 Å². The Labute approximate surface area is 135 Å². The summed E-state index contributed by atoms with van der Waals surface area (Å²) >= 11 is 0. The van der Waals surface area contributed by atoms with E-state index in [1.165, 1.54) is 0 Å². The first-order valence-corrected chi connectivity index (χ1v) is 8.25. The van der Waals surface area contributed by atoms with E-state index in [1.54, 1.807) is 6.07 Å². The van der Waals surface area contributed by atoms with Crippen molar-refractivity contribution >= 4 is 11.8 Å². The lowest BCUT2D eigenvalue weighted by atomic mass is 10.0. The van der Waals surface area contributed by atoms with Crippen LogP contribution in [0.4, 0.5) is 0 Å². The average Bonchev–Trinajstić information content (AvgIpc) is 3.09. The summed E-state index contributed by atoms with van der Waals surface area (Å²) in [7, 11) is 0. The molecule has 1 unspecified atom stereocenters. The van der Waals surface area contributed by atoms with Gasteiger partial charge < -0.3 is 14.2 Å². The molecule has 122 valence electrons. The number of nitrogens with zero attached hydrogens (tertiary/aromatic N) is 2. The number of aryl methyl sites for hydroxylation is 1. The molecule has 0 radical (unpaired) electrons. The molecule has 0 aromatic carbocycles. The first kappa shape index (κ1) is 15.6. The maximum Gasteiger partial charge on any atom is 0.312 e. The van der Waals surface area contributed by atoms with E-state index in [4.69, 9.17) is 0 Å². The van der Waals surface area contributed by atoms with Crippen molar-refractivity contribution in [2.75, 3.05) is 0 Å². The quantitative estimate of drug-likeness (QED) is 0.861. The van der Waals surface area contributed by atoms with Crippen LogP contribution in [-0.2, 0) is 17.9 Å². The molecule has 0 aliphatic carbocycles. The molecule has 2 aromatic heterocycles. The van der Waals surface area contributed by atoms with Crippen LogP contribution in [0, 0.1) is 0 Å². The van der Waals surface area contributed by atoms with Gasteiger partial charge in [0.25, 0.3) is 0 Å². The standard InChI is InChI=1S/C18H22N2O3/c1-2-10-19-11-5-7-15(19)17(21)16-9-8-14-13(18(22)23)6-3-4-12-20(14)16/h5,7-9,11,13H,2-4,6,10,12H2,1H3,(H,22,23). The lowest BCUT2D eigenvalue weighted by molar-refractivity contribution is -0.139. The van der Waals surface area contributed by atoms with E-state index in [0.29, 0.717) is 24.4 Å². The Morgan fingerprint density at radius 3 is 2.78 bits per heavy atom. The molecule has 5 heteroatoms. The van der Waals surface area contributed by atoms with E-state index in [-0.39, 0.29) is 5.78 Å². The molecule has 0 fully saturated rings. The van der Waals surface area contributed by atoms with E-state index >= 15 is 0 Å². The third-order valence-electron chi connectivity index (χ3n) is 4.55. The number of hydrogen-bond acceptors (Lipinski definition) is 2. The number of rotatable bonds is 5. The number of ketones is 1. The molecule has 1 aliphatic heterocycles. The summed E-state index contributed by atoms with van der Waals surface area (Å²) in [6, 6.07) is 7.31. The van der Waals surface area contributed by atoms with Crippen molar-refractivity contribution in [3.05, 3.63) is 47.5 Å². The van der Waals surface area contributed by atoms with Crippen molar-refractivity contribution in [2.45, 2.75) is 51.6 Å². The van der Waals surface area contributed by atoms with E-state index in [1.807, 2.05) is 33.5 Å². The molecule has 1 N–H and O–H groups in total. The second kappa shape index (κ2) is 6.44. The highest BCUT2D eigenvalue weighted by atomic mass is 16.4. The third kappa shape index (κ3) is 2.83. The Morgan fingerprint density at radius 1 is 1.22 bits per heavy atom. The van der Waals surface area contributed by atoms with E-state index in [9.17, 15) is 14.7 Å². The largest absolute Gasteiger partial charge is 0.481 e. The molecule has 0 spiro atoms. The highest BCUT2D eigenvalue weighted by Crippen LogP contribution is 2.29. The van der Waals surface area contributed by atoms with Crippen molar-refractivity contribution < 1.29 is 14.7 Å². The minimum absolute atomic E-state index is 0.0271. The molecule has 0 saturated heterocycles. The summed E-state index contributed by atoms with van der Waals surface area (Å²) in [5.74, 6) is -1.35. The fourth-order valence-electron chi connectivity index (χ4n) is 3.44. The van der Waals surface area contributed by atoms with Gasteiger partial charge in [0.1, 0.15) is 0 Å². The van der Waals surface area contributed by atoms with Crippen LogP contribution in [0.3, 0.4) is 0 Å². The van der Waals surface area contributed by atoms with Crippen LogP contribution in [0.1, 0.15) is 60.4 Å². The fourth-order valence-corrected chi connectivity index (χ4v) is 3.44. The van der Waals surface area contributed by atoms with Gasteiger partial charge in [-0.15, -0.1) is 0 Å². The molecule has 0 amide bonds. The van der Waals surface area contributed by atoms with Gasteiger partial charge in [-0.2, -0.15) is 0 Å². The zero-order valence-corrected chi connectivity index (χ0v) is 13.4. The molecule has 1 atom stereocenters. The van der Waals surface area contributed by atoms with Gasteiger partial charge in [-0.05, 0) is 43.5 Å². The predicted octanol–water partition coefficient (Wildman–Crippen LogP) is 3.28. The smallest absolute Gasteiger partial charge is 0.312 e. The van der Waals surface area contributed by atoms with Crippen LogP contribution in [0.5, 0.6) is 0 Å². The predicted molar refractivity (Wildman–Crippen MR) is 86.8 cm³/mol. The SMILES string of the molecule is CCCn1cccc1C(=O)c1ccc2n1CCCCC2C(=O)O. The first-order valence-electron chi connectivity index (χ1n) is 8.25. The minimum atomic E-state index is -0.806. The Kier molecular flexibility index (Phi) is 4.37. The number of carboxylic acids is 1. The van der Waals surface area contributed by atoms with Crippen molar-refractivity contribution in [1.82, 2.24) is 9.13 Å². The summed E-state index contributed by atoms with van der Waals surface area (Å²) < 4.78 is 3.88. The van der Waals surface area contributed by atoms with Gasteiger partial charge in [0, 0.05) is 25.0 Å². The molecule has 0 bridgehead atoms. The molecule has 5 nitrogen and oxygen atoms in total. The van der Waals surface area contributed by atoms with Crippen LogP contribution in [0.2, 0.25) is 0 Å². The molecule has 1 aliphatic rings. The summed E-state index contributed by atoms with van der Waals surface area (Å²) in [5.41, 5.74) is 2.03. The molecular weight excluding hydrogens is 292 g/mol. The normalized spacial score (nSPS) is 17.5. The number of aliphatic carboxylic acids is 1. The monoisotopic (exact) mass is 314 g/mol. The molecule has 0 saturated carbocycles. The second-order valence-corrected chi connectivity index (χ2v) is 6.10. The Hall–Kier alpha value is -2.30. The van der Waals surface area contributed by atoms with E-state index < -0.39 is 11.9 Å². The van der Waals surface area contributed by atoms with Crippen molar-refractivity contribution in [2.24, 2.45) is 0 Å². The minimum Gasteiger partial charge on any atom is -0.481 e. The maximum atomic E-state index is 12.9. The Bertz CT molecular complexity index is 726. The summed E-state index contributed by atoms with van der Waals surface area (Å²) in [5, 5.41) is 9.45. The zero-order chi connectivity index (χ0) is 16.4. The average molecular weight is 314 g/mol. The number of aromatic nitrogens is 2. The van der Waals surface area contributed by atoms with Gasteiger partial charge in [0.15, 0.2) is 0 Å². The third-order valence-corrected chi connectivity index (χ3v) is 4.55. The van der Waals surface area contributed by atoms with Gasteiger partial charge in [0.05, 0.1) is 17.3 Å². The van der Waals surface area contributed by atoms with Gasteiger partial charge >= 0.3 is 5.97 Å². The number of fused-ring (bicyclic) bond motifs is 1. The summed E-state index contributed by atoms with van der Waals surface area (Å²) in [6.07, 6.45) is 5.30. The number of hydrogen-bond donors (Lipinski definition) is 1. The Morgan fingerprint density at radius 2 is 2.04 bits per heavy atom. The van der Waals surface area contributed by atoms with Crippen LogP contribution in [-0.4, -0.2) is 26.0 Å².